The van der Waals surface area contributed by atoms with Gasteiger partial charge >= 0.3 is 0 Å². The summed E-state index contributed by atoms with van der Waals surface area (Å²) in [5.41, 5.74) is 1.18. The summed E-state index contributed by atoms with van der Waals surface area (Å²) in [7, 11) is -3.38. The molecule has 0 aliphatic carbocycles. The number of rotatable bonds is 3. The molecule has 0 fully saturated rings. The van der Waals surface area contributed by atoms with Gasteiger partial charge in [-0.25, -0.2) is 8.42 Å². The van der Waals surface area contributed by atoms with Crippen LogP contribution in [0.3, 0.4) is 0 Å². The van der Waals surface area contributed by atoms with Crippen molar-refractivity contribution in [3.63, 3.8) is 0 Å². The maximum atomic E-state index is 11.7. The van der Waals surface area contributed by atoms with Gasteiger partial charge in [-0.05, 0) is 26.0 Å². The number of nitrogens with zero attached hydrogens (tertiary/aromatic N) is 1. The van der Waals surface area contributed by atoms with Crippen molar-refractivity contribution in [2.75, 3.05) is 5.75 Å². The van der Waals surface area contributed by atoms with Gasteiger partial charge in [-0.15, -0.1) is 0 Å². The maximum Gasteiger partial charge on any atom is 0.183 e. The van der Waals surface area contributed by atoms with Crippen LogP contribution >= 0.6 is 0 Å². The van der Waals surface area contributed by atoms with Crippen LogP contribution in [0.15, 0.2) is 34.3 Å². The van der Waals surface area contributed by atoms with Crippen LogP contribution in [0.25, 0.3) is 0 Å². The maximum absolute atomic E-state index is 11.7. The van der Waals surface area contributed by atoms with Gasteiger partial charge in [-0.3, -0.25) is 0 Å². The van der Waals surface area contributed by atoms with E-state index in [4.69, 9.17) is 5.21 Å². The lowest BCUT2D eigenvalue weighted by Crippen LogP contribution is -2.13. The molecule has 0 unspecified atom stereocenters. The number of benzene rings is 1. The van der Waals surface area contributed by atoms with Crippen LogP contribution in [0.2, 0.25) is 0 Å². The summed E-state index contributed by atoms with van der Waals surface area (Å²) in [6.45, 7) is 3.35. The molecule has 1 aromatic rings. The first-order chi connectivity index (χ1) is 6.95. The fraction of sp³-hybridized carbons (Fsp3) is 0.300. The molecule has 0 aliphatic rings. The molecule has 82 valence electrons. The van der Waals surface area contributed by atoms with E-state index in [-0.39, 0.29) is 16.4 Å². The largest absolute Gasteiger partial charge is 0.411 e. The fourth-order valence-corrected chi connectivity index (χ4v) is 2.46. The second-order valence-corrected chi connectivity index (χ2v) is 5.40. The molecule has 0 spiro atoms. The van der Waals surface area contributed by atoms with Crippen molar-refractivity contribution in [1.82, 2.24) is 0 Å². The Hall–Kier alpha value is -1.36. The van der Waals surface area contributed by atoms with E-state index in [1.165, 1.54) is 6.92 Å². The fourth-order valence-electron chi connectivity index (χ4n) is 1.13. The van der Waals surface area contributed by atoms with Crippen molar-refractivity contribution < 1.29 is 13.6 Å². The standard InChI is InChI=1S/C10H13NO3S/c1-8-3-5-10(6-4-8)15(13,14)7-9(2)11-12/h3-6,12H,7H2,1-2H3/b11-9-. The van der Waals surface area contributed by atoms with Crippen LogP contribution in [0, 0.1) is 6.92 Å². The Balaban J connectivity index is 3.02. The van der Waals surface area contributed by atoms with Crippen molar-refractivity contribution >= 4 is 15.5 Å². The van der Waals surface area contributed by atoms with E-state index < -0.39 is 9.84 Å². The monoisotopic (exact) mass is 227 g/mol. The molecule has 0 saturated carbocycles. The average Bonchev–Trinajstić information content (AvgIpc) is 2.17. The van der Waals surface area contributed by atoms with Gasteiger partial charge in [-0.2, -0.15) is 0 Å². The van der Waals surface area contributed by atoms with E-state index in [1.807, 2.05) is 6.92 Å². The van der Waals surface area contributed by atoms with Crippen LogP contribution < -0.4 is 0 Å². The van der Waals surface area contributed by atoms with Gasteiger partial charge in [0.1, 0.15) is 0 Å². The summed E-state index contributed by atoms with van der Waals surface area (Å²) in [6, 6.07) is 6.57. The van der Waals surface area contributed by atoms with Crippen molar-refractivity contribution in [2.24, 2.45) is 5.16 Å². The molecule has 0 aromatic heterocycles. The van der Waals surface area contributed by atoms with Gasteiger partial charge in [0.25, 0.3) is 0 Å². The minimum absolute atomic E-state index is 0.176. The quantitative estimate of drug-likeness (QED) is 0.484. The lowest BCUT2D eigenvalue weighted by molar-refractivity contribution is 0.318. The topological polar surface area (TPSA) is 66.7 Å². The molecule has 0 atom stereocenters. The zero-order valence-corrected chi connectivity index (χ0v) is 9.45. The Morgan fingerprint density at radius 3 is 2.33 bits per heavy atom. The number of hydrogen-bond acceptors (Lipinski definition) is 4. The predicted octanol–water partition coefficient (Wildman–Crippen LogP) is 1.62. The van der Waals surface area contributed by atoms with Gasteiger partial charge in [0.15, 0.2) is 9.84 Å². The molecule has 5 heteroatoms. The van der Waals surface area contributed by atoms with E-state index in [0.29, 0.717) is 0 Å². The minimum atomic E-state index is -3.38. The number of aryl methyl sites for hydroxylation is 1. The number of oxime groups is 1. The molecule has 0 amide bonds. The SMILES string of the molecule is C/C(CS(=O)(=O)c1ccc(C)cc1)=N/O. The smallest absolute Gasteiger partial charge is 0.183 e. The van der Waals surface area contributed by atoms with Gasteiger partial charge in [0.05, 0.1) is 16.4 Å². The molecular weight excluding hydrogens is 214 g/mol. The zero-order chi connectivity index (χ0) is 11.5. The molecule has 4 nitrogen and oxygen atoms in total. The summed E-state index contributed by atoms with van der Waals surface area (Å²) >= 11 is 0. The zero-order valence-electron chi connectivity index (χ0n) is 8.64. The van der Waals surface area contributed by atoms with Crippen LogP contribution in [0.4, 0.5) is 0 Å². The number of sulfone groups is 1. The molecule has 0 aliphatic heterocycles. The van der Waals surface area contributed by atoms with Crippen LogP contribution in [-0.2, 0) is 9.84 Å². The Morgan fingerprint density at radius 1 is 1.33 bits per heavy atom. The Kier molecular flexibility index (Phi) is 3.47. The molecule has 0 bridgehead atoms. The summed E-state index contributed by atoms with van der Waals surface area (Å²) in [5.74, 6) is -0.257. The number of hydrogen-bond donors (Lipinski definition) is 1. The van der Waals surface area contributed by atoms with E-state index >= 15 is 0 Å². The van der Waals surface area contributed by atoms with Gasteiger partial charge in [0, 0.05) is 0 Å². The van der Waals surface area contributed by atoms with Crippen molar-refractivity contribution in [2.45, 2.75) is 18.7 Å². The van der Waals surface area contributed by atoms with Crippen molar-refractivity contribution in [1.29, 1.82) is 0 Å². The molecule has 15 heavy (non-hydrogen) atoms. The summed E-state index contributed by atoms with van der Waals surface area (Å²) in [6.07, 6.45) is 0. The summed E-state index contributed by atoms with van der Waals surface area (Å²) < 4.78 is 23.4. The van der Waals surface area contributed by atoms with Crippen molar-refractivity contribution in [3.8, 4) is 0 Å². The van der Waals surface area contributed by atoms with Gasteiger partial charge in [0.2, 0.25) is 0 Å². The van der Waals surface area contributed by atoms with E-state index in [0.717, 1.165) is 5.56 Å². The van der Waals surface area contributed by atoms with E-state index in [2.05, 4.69) is 5.16 Å². The normalized spacial score (nSPS) is 12.8. The minimum Gasteiger partial charge on any atom is -0.411 e. The highest BCUT2D eigenvalue weighted by Gasteiger charge is 2.15. The highest BCUT2D eigenvalue weighted by molar-refractivity contribution is 7.92. The molecular formula is C10H13NO3S. The second kappa shape index (κ2) is 4.44. The Morgan fingerprint density at radius 2 is 1.87 bits per heavy atom. The van der Waals surface area contributed by atoms with Gasteiger partial charge < -0.3 is 5.21 Å². The molecule has 1 rings (SSSR count). The lowest BCUT2D eigenvalue weighted by atomic mass is 10.2. The summed E-state index contributed by atoms with van der Waals surface area (Å²) in [5, 5.41) is 11.3. The van der Waals surface area contributed by atoms with E-state index in [1.54, 1.807) is 24.3 Å². The first-order valence-corrected chi connectivity index (χ1v) is 6.08. The summed E-state index contributed by atoms with van der Waals surface area (Å²) in [4.78, 5) is 0.246. The van der Waals surface area contributed by atoms with Crippen molar-refractivity contribution in [3.05, 3.63) is 29.8 Å². The lowest BCUT2D eigenvalue weighted by Gasteiger charge is -2.03. The average molecular weight is 227 g/mol. The third kappa shape index (κ3) is 3.06. The molecule has 1 N–H and O–H groups in total. The highest BCUT2D eigenvalue weighted by Crippen LogP contribution is 2.12. The van der Waals surface area contributed by atoms with E-state index in [9.17, 15) is 8.42 Å². The third-order valence-corrected chi connectivity index (χ3v) is 3.74. The van der Waals surface area contributed by atoms with Crippen LogP contribution in [0.5, 0.6) is 0 Å². The third-order valence-electron chi connectivity index (χ3n) is 1.95. The Bertz CT molecular complexity index is 460. The molecule has 0 saturated heterocycles. The first kappa shape index (κ1) is 11.7. The highest BCUT2D eigenvalue weighted by atomic mass is 32.2. The molecule has 0 radical (unpaired) electrons. The van der Waals surface area contributed by atoms with Gasteiger partial charge in [-0.1, -0.05) is 22.9 Å². The first-order valence-electron chi connectivity index (χ1n) is 4.42. The predicted molar refractivity (Wildman–Crippen MR) is 58.1 cm³/mol. The Labute approximate surface area is 89.2 Å². The molecule has 0 heterocycles. The molecule has 1 aromatic carbocycles. The van der Waals surface area contributed by atoms with Crippen LogP contribution in [-0.4, -0.2) is 25.1 Å². The second-order valence-electron chi connectivity index (χ2n) is 3.41. The van der Waals surface area contributed by atoms with Crippen LogP contribution in [0.1, 0.15) is 12.5 Å².